The molecule has 0 saturated carbocycles. The van der Waals surface area contributed by atoms with Crippen molar-refractivity contribution in [2.75, 3.05) is 6.54 Å². The molecule has 4 rings (SSSR count). The number of aromatic nitrogens is 3. The molecule has 6 heteroatoms. The third-order valence-electron chi connectivity index (χ3n) is 4.15. The first-order valence-corrected chi connectivity index (χ1v) is 8.46. The second kappa shape index (κ2) is 7.23. The summed E-state index contributed by atoms with van der Waals surface area (Å²) in [6.45, 7) is 1.16. The fraction of sp³-hybridized carbons (Fsp3) is 0.150. The number of pyridine rings is 1. The number of hydrogen-bond acceptors (Lipinski definition) is 4. The Labute approximate surface area is 150 Å². The van der Waals surface area contributed by atoms with Gasteiger partial charge in [-0.05, 0) is 23.8 Å². The van der Waals surface area contributed by atoms with Gasteiger partial charge in [-0.3, -0.25) is 4.79 Å². The van der Waals surface area contributed by atoms with Gasteiger partial charge in [0.2, 0.25) is 0 Å². The van der Waals surface area contributed by atoms with E-state index in [1.54, 1.807) is 18.7 Å². The van der Waals surface area contributed by atoms with Crippen molar-refractivity contribution in [1.29, 1.82) is 0 Å². The number of nitrogens with zero attached hydrogens (tertiary/aromatic N) is 3. The van der Waals surface area contributed by atoms with E-state index < -0.39 is 0 Å². The second-order valence-electron chi connectivity index (χ2n) is 6.01. The molecule has 0 bridgehead atoms. The van der Waals surface area contributed by atoms with Crippen LogP contribution >= 0.6 is 0 Å². The summed E-state index contributed by atoms with van der Waals surface area (Å²) in [6.07, 6.45) is 5.62. The number of nitrogens with one attached hydrogen (secondary N) is 1. The molecule has 1 aromatic carbocycles. The van der Waals surface area contributed by atoms with Crippen LogP contribution in [0.15, 0.2) is 71.6 Å². The molecule has 0 saturated heterocycles. The van der Waals surface area contributed by atoms with Gasteiger partial charge in [-0.15, -0.1) is 0 Å². The first-order chi connectivity index (χ1) is 12.8. The molecule has 3 heterocycles. The maximum atomic E-state index is 12.3. The van der Waals surface area contributed by atoms with Crippen LogP contribution in [0.4, 0.5) is 0 Å². The molecule has 6 nitrogen and oxygen atoms in total. The van der Waals surface area contributed by atoms with Gasteiger partial charge in [-0.25, -0.2) is 9.67 Å². The van der Waals surface area contributed by atoms with E-state index in [4.69, 9.17) is 4.42 Å². The molecule has 0 aliphatic carbocycles. The van der Waals surface area contributed by atoms with Crippen LogP contribution in [0.2, 0.25) is 0 Å². The zero-order valence-corrected chi connectivity index (χ0v) is 14.1. The quantitative estimate of drug-likeness (QED) is 0.582. The minimum atomic E-state index is -0.151. The molecule has 0 radical (unpaired) electrons. The largest absolute Gasteiger partial charge is 0.469 e. The zero-order chi connectivity index (χ0) is 17.8. The van der Waals surface area contributed by atoms with E-state index >= 15 is 0 Å². The van der Waals surface area contributed by atoms with Gasteiger partial charge in [0, 0.05) is 24.5 Å². The van der Waals surface area contributed by atoms with Crippen molar-refractivity contribution in [3.8, 4) is 0 Å². The maximum absolute atomic E-state index is 12.3. The minimum Gasteiger partial charge on any atom is -0.469 e. The average molecular weight is 346 g/mol. The molecule has 0 atom stereocenters. The van der Waals surface area contributed by atoms with Crippen LogP contribution in [-0.4, -0.2) is 27.2 Å². The van der Waals surface area contributed by atoms with Crippen molar-refractivity contribution in [2.45, 2.75) is 13.0 Å². The summed E-state index contributed by atoms with van der Waals surface area (Å²) in [4.78, 5) is 16.7. The monoisotopic (exact) mass is 346 g/mol. The van der Waals surface area contributed by atoms with E-state index in [-0.39, 0.29) is 5.91 Å². The third-order valence-corrected chi connectivity index (χ3v) is 4.15. The molecule has 0 aliphatic rings. The van der Waals surface area contributed by atoms with E-state index in [9.17, 15) is 4.79 Å². The molecule has 3 aromatic heterocycles. The Kier molecular flexibility index (Phi) is 4.47. The Morgan fingerprint density at radius 2 is 2.00 bits per heavy atom. The van der Waals surface area contributed by atoms with Crippen molar-refractivity contribution in [3.05, 3.63) is 84.1 Å². The number of carbonyl (C=O) groups is 1. The predicted octanol–water partition coefficient (Wildman–Crippen LogP) is 3.05. The van der Waals surface area contributed by atoms with Gasteiger partial charge in [0.1, 0.15) is 5.76 Å². The summed E-state index contributed by atoms with van der Waals surface area (Å²) in [5.74, 6) is 0.697. The Bertz CT molecular complexity index is 1010. The highest BCUT2D eigenvalue weighted by Gasteiger charge is 2.10. The lowest BCUT2D eigenvalue weighted by atomic mass is 10.2. The normalized spacial score (nSPS) is 10.9. The summed E-state index contributed by atoms with van der Waals surface area (Å²) >= 11 is 0. The van der Waals surface area contributed by atoms with E-state index in [0.717, 1.165) is 22.4 Å². The lowest BCUT2D eigenvalue weighted by Crippen LogP contribution is -2.25. The lowest BCUT2D eigenvalue weighted by Gasteiger charge is -2.05. The summed E-state index contributed by atoms with van der Waals surface area (Å²) in [5.41, 5.74) is 2.44. The van der Waals surface area contributed by atoms with Gasteiger partial charge in [0.25, 0.3) is 5.91 Å². The van der Waals surface area contributed by atoms with Gasteiger partial charge in [-0.2, -0.15) is 5.10 Å². The van der Waals surface area contributed by atoms with Gasteiger partial charge in [0.15, 0.2) is 5.65 Å². The standard InChI is InChI=1S/C20H18N4O2/c25-20(21-9-8-18-7-4-10-26-18)17-11-16-13-23-24(19(16)22-12-17)14-15-5-2-1-3-6-15/h1-7,10-13H,8-9,14H2,(H,21,25). The number of rotatable bonds is 6. The fourth-order valence-electron chi connectivity index (χ4n) is 2.82. The topological polar surface area (TPSA) is 73.0 Å². The number of amides is 1. The van der Waals surface area contributed by atoms with E-state index in [1.807, 2.05) is 53.2 Å². The smallest absolute Gasteiger partial charge is 0.252 e. The molecule has 4 aromatic rings. The van der Waals surface area contributed by atoms with Gasteiger partial charge in [0.05, 0.1) is 24.6 Å². The van der Waals surface area contributed by atoms with E-state index in [2.05, 4.69) is 15.4 Å². The van der Waals surface area contributed by atoms with Crippen LogP contribution in [0, 0.1) is 0 Å². The molecule has 26 heavy (non-hydrogen) atoms. The summed E-state index contributed by atoms with van der Waals surface area (Å²) in [7, 11) is 0. The van der Waals surface area contributed by atoms with Crippen molar-refractivity contribution < 1.29 is 9.21 Å². The van der Waals surface area contributed by atoms with Crippen LogP contribution in [-0.2, 0) is 13.0 Å². The number of fused-ring (bicyclic) bond motifs is 1. The fourth-order valence-corrected chi connectivity index (χ4v) is 2.82. The van der Waals surface area contributed by atoms with Gasteiger partial charge < -0.3 is 9.73 Å². The summed E-state index contributed by atoms with van der Waals surface area (Å²) in [5, 5.41) is 8.13. The summed E-state index contributed by atoms with van der Waals surface area (Å²) in [6, 6.07) is 15.6. The Balaban J connectivity index is 1.45. The summed E-state index contributed by atoms with van der Waals surface area (Å²) < 4.78 is 7.09. The van der Waals surface area contributed by atoms with Crippen molar-refractivity contribution >= 4 is 16.9 Å². The highest BCUT2D eigenvalue weighted by atomic mass is 16.3. The van der Waals surface area contributed by atoms with Crippen molar-refractivity contribution in [1.82, 2.24) is 20.1 Å². The molecule has 1 N–H and O–H groups in total. The lowest BCUT2D eigenvalue weighted by molar-refractivity contribution is 0.0953. The third kappa shape index (κ3) is 3.49. The zero-order valence-electron chi connectivity index (χ0n) is 14.1. The number of carbonyl (C=O) groups excluding carboxylic acids is 1. The molecule has 130 valence electrons. The van der Waals surface area contributed by atoms with Crippen LogP contribution in [0.3, 0.4) is 0 Å². The molecule has 0 spiro atoms. The predicted molar refractivity (Wildman–Crippen MR) is 97.8 cm³/mol. The van der Waals surface area contributed by atoms with E-state index in [0.29, 0.717) is 25.1 Å². The number of hydrogen-bond donors (Lipinski definition) is 1. The number of benzene rings is 1. The molecular formula is C20H18N4O2. The highest BCUT2D eigenvalue weighted by molar-refractivity contribution is 5.96. The second-order valence-corrected chi connectivity index (χ2v) is 6.01. The van der Waals surface area contributed by atoms with E-state index in [1.165, 1.54) is 0 Å². The molecular weight excluding hydrogens is 328 g/mol. The first-order valence-electron chi connectivity index (χ1n) is 8.46. The Morgan fingerprint density at radius 1 is 1.12 bits per heavy atom. The Hall–Kier alpha value is -3.41. The van der Waals surface area contributed by atoms with Gasteiger partial charge in [-0.1, -0.05) is 30.3 Å². The molecule has 1 amide bonds. The number of furan rings is 1. The van der Waals surface area contributed by atoms with Crippen LogP contribution in [0.25, 0.3) is 11.0 Å². The van der Waals surface area contributed by atoms with Crippen LogP contribution in [0.1, 0.15) is 21.7 Å². The van der Waals surface area contributed by atoms with Crippen LogP contribution in [0.5, 0.6) is 0 Å². The van der Waals surface area contributed by atoms with Gasteiger partial charge >= 0.3 is 0 Å². The first kappa shape index (κ1) is 16.1. The highest BCUT2D eigenvalue weighted by Crippen LogP contribution is 2.14. The average Bonchev–Trinajstić information content (AvgIpc) is 3.32. The molecule has 0 unspecified atom stereocenters. The van der Waals surface area contributed by atoms with Crippen molar-refractivity contribution in [2.24, 2.45) is 0 Å². The maximum Gasteiger partial charge on any atom is 0.252 e. The van der Waals surface area contributed by atoms with Crippen LogP contribution < -0.4 is 5.32 Å². The van der Waals surface area contributed by atoms with Crippen molar-refractivity contribution in [3.63, 3.8) is 0 Å². The SMILES string of the molecule is O=C(NCCc1ccco1)c1cnc2c(cnn2Cc2ccccc2)c1. The Morgan fingerprint density at radius 3 is 2.81 bits per heavy atom. The minimum absolute atomic E-state index is 0.151. The molecule has 0 fully saturated rings. The molecule has 0 aliphatic heterocycles.